The van der Waals surface area contributed by atoms with Crippen molar-refractivity contribution in [2.75, 3.05) is 13.1 Å². The monoisotopic (exact) mass is 346 g/mol. The Kier molecular flexibility index (Phi) is 4.48. The van der Waals surface area contributed by atoms with Crippen molar-refractivity contribution >= 4 is 22.4 Å². The number of H-pyrrole nitrogens is 1. The van der Waals surface area contributed by atoms with E-state index in [0.29, 0.717) is 13.2 Å². The molecule has 3 aromatic rings. The number of nitrogens with one attached hydrogen (secondary N) is 1. The van der Waals surface area contributed by atoms with E-state index in [1.165, 1.54) is 11.1 Å². The summed E-state index contributed by atoms with van der Waals surface area (Å²) in [6, 6.07) is 16.3. The van der Waals surface area contributed by atoms with Crippen LogP contribution in [0.3, 0.4) is 0 Å². The summed E-state index contributed by atoms with van der Waals surface area (Å²) in [6.45, 7) is 3.64. The van der Waals surface area contributed by atoms with Crippen molar-refractivity contribution in [3.8, 4) is 5.75 Å². The minimum absolute atomic E-state index is 0.135. The molecule has 0 radical (unpaired) electrons. The maximum absolute atomic E-state index is 11.5. The van der Waals surface area contributed by atoms with Crippen LogP contribution < -0.4 is 4.74 Å². The zero-order valence-corrected chi connectivity index (χ0v) is 14.9. The van der Waals surface area contributed by atoms with Crippen molar-refractivity contribution in [1.82, 2.24) is 9.88 Å². The number of hydrogen-bond acceptors (Lipinski definition) is 2. The van der Waals surface area contributed by atoms with Crippen LogP contribution in [0, 0.1) is 0 Å². The summed E-state index contributed by atoms with van der Waals surface area (Å²) in [6.07, 6.45) is 5.09. The number of aromatic amines is 1. The van der Waals surface area contributed by atoms with Gasteiger partial charge >= 0.3 is 0 Å². The molecule has 0 unspecified atom stereocenters. The molecule has 1 amide bonds. The summed E-state index contributed by atoms with van der Waals surface area (Å²) < 4.78 is 5.97. The highest BCUT2D eigenvalue weighted by molar-refractivity contribution is 5.94. The molecule has 4 heteroatoms. The Labute approximate surface area is 153 Å². The molecule has 0 saturated carbocycles. The molecule has 1 aliphatic rings. The third-order valence-electron chi connectivity index (χ3n) is 4.90. The van der Waals surface area contributed by atoms with Gasteiger partial charge in [-0.25, -0.2) is 0 Å². The second kappa shape index (κ2) is 7.08. The van der Waals surface area contributed by atoms with E-state index >= 15 is 0 Å². The van der Waals surface area contributed by atoms with E-state index in [9.17, 15) is 4.79 Å². The summed E-state index contributed by atoms with van der Waals surface area (Å²) in [5, 5.41) is 1.16. The van der Waals surface area contributed by atoms with E-state index in [0.717, 1.165) is 35.2 Å². The van der Waals surface area contributed by atoms with Crippen molar-refractivity contribution in [1.29, 1.82) is 0 Å². The SMILES string of the molecule is CC(=O)N1CC=C(c2c[nH]c3ccc(OCc4ccccc4)cc23)CC1. The molecule has 2 heterocycles. The third kappa shape index (κ3) is 3.36. The summed E-state index contributed by atoms with van der Waals surface area (Å²) in [5.41, 5.74) is 4.74. The van der Waals surface area contributed by atoms with E-state index in [1.807, 2.05) is 29.2 Å². The van der Waals surface area contributed by atoms with Gasteiger partial charge in [0.2, 0.25) is 5.91 Å². The lowest BCUT2D eigenvalue weighted by atomic mass is 9.99. The zero-order chi connectivity index (χ0) is 17.9. The second-order valence-electron chi connectivity index (χ2n) is 6.63. The Morgan fingerprint density at radius 2 is 2.04 bits per heavy atom. The Morgan fingerprint density at radius 1 is 1.19 bits per heavy atom. The summed E-state index contributed by atoms with van der Waals surface area (Å²) in [7, 11) is 0. The molecule has 0 bridgehead atoms. The molecule has 132 valence electrons. The molecule has 1 aliphatic heterocycles. The quantitative estimate of drug-likeness (QED) is 0.762. The second-order valence-corrected chi connectivity index (χ2v) is 6.63. The molecule has 0 saturated heterocycles. The fraction of sp³-hybridized carbons (Fsp3) is 0.227. The standard InChI is InChI=1S/C22H22N2O2/c1-16(25)24-11-9-18(10-12-24)21-14-23-22-8-7-19(13-20(21)22)26-15-17-5-3-2-4-6-17/h2-9,13-14,23H,10-12,15H2,1H3. The van der Waals surface area contributed by atoms with Gasteiger partial charge in [0.05, 0.1) is 0 Å². The number of hydrogen-bond donors (Lipinski definition) is 1. The van der Waals surface area contributed by atoms with Gasteiger partial charge in [-0.05, 0) is 35.8 Å². The van der Waals surface area contributed by atoms with Gasteiger partial charge in [-0.2, -0.15) is 0 Å². The average molecular weight is 346 g/mol. The highest BCUT2D eigenvalue weighted by Crippen LogP contribution is 2.31. The van der Waals surface area contributed by atoms with Gasteiger partial charge in [-0.1, -0.05) is 36.4 Å². The summed E-state index contributed by atoms with van der Waals surface area (Å²) >= 11 is 0. The van der Waals surface area contributed by atoms with Crippen molar-refractivity contribution in [3.63, 3.8) is 0 Å². The number of aromatic nitrogens is 1. The molecular weight excluding hydrogens is 324 g/mol. The summed E-state index contributed by atoms with van der Waals surface area (Å²) in [5.74, 6) is 1.000. The zero-order valence-electron chi connectivity index (χ0n) is 14.9. The van der Waals surface area contributed by atoms with Gasteiger partial charge in [-0.15, -0.1) is 0 Å². The number of fused-ring (bicyclic) bond motifs is 1. The number of amides is 1. The van der Waals surface area contributed by atoms with E-state index < -0.39 is 0 Å². The van der Waals surface area contributed by atoms with Crippen LogP contribution in [0.15, 0.2) is 60.8 Å². The predicted octanol–water partition coefficient (Wildman–Crippen LogP) is 4.38. The highest BCUT2D eigenvalue weighted by atomic mass is 16.5. The lowest BCUT2D eigenvalue weighted by molar-refractivity contribution is -0.128. The van der Waals surface area contributed by atoms with Crippen LogP contribution in [-0.4, -0.2) is 28.9 Å². The number of carbonyl (C=O) groups is 1. The van der Waals surface area contributed by atoms with E-state index in [2.05, 4.69) is 41.5 Å². The molecule has 2 aromatic carbocycles. The Bertz CT molecular complexity index is 957. The fourth-order valence-electron chi connectivity index (χ4n) is 3.40. The van der Waals surface area contributed by atoms with Crippen molar-refractivity contribution in [2.45, 2.75) is 20.0 Å². The molecule has 4 rings (SSSR count). The summed E-state index contributed by atoms with van der Waals surface area (Å²) in [4.78, 5) is 16.7. The molecule has 1 N–H and O–H groups in total. The fourth-order valence-corrected chi connectivity index (χ4v) is 3.40. The molecule has 0 spiro atoms. The highest BCUT2D eigenvalue weighted by Gasteiger charge is 2.17. The first-order chi connectivity index (χ1) is 12.7. The molecule has 4 nitrogen and oxygen atoms in total. The third-order valence-corrected chi connectivity index (χ3v) is 4.90. The molecule has 0 fully saturated rings. The van der Waals surface area contributed by atoms with Crippen LogP contribution in [0.2, 0.25) is 0 Å². The largest absolute Gasteiger partial charge is 0.489 e. The van der Waals surface area contributed by atoms with Crippen LogP contribution in [0.1, 0.15) is 24.5 Å². The molecule has 26 heavy (non-hydrogen) atoms. The number of carbonyl (C=O) groups excluding carboxylic acids is 1. The van der Waals surface area contributed by atoms with Gasteiger partial charge in [0, 0.05) is 42.7 Å². The smallest absolute Gasteiger partial charge is 0.219 e. The maximum Gasteiger partial charge on any atom is 0.219 e. The first-order valence-electron chi connectivity index (χ1n) is 8.93. The number of ether oxygens (including phenoxy) is 1. The van der Waals surface area contributed by atoms with Crippen LogP contribution in [-0.2, 0) is 11.4 Å². The molecular formula is C22H22N2O2. The Balaban J connectivity index is 1.56. The number of benzene rings is 2. The average Bonchev–Trinajstić information content (AvgIpc) is 3.10. The molecule has 0 atom stereocenters. The lowest BCUT2D eigenvalue weighted by Gasteiger charge is -2.25. The number of rotatable bonds is 4. The first kappa shape index (κ1) is 16.5. The topological polar surface area (TPSA) is 45.3 Å². The molecule has 1 aromatic heterocycles. The lowest BCUT2D eigenvalue weighted by Crippen LogP contribution is -2.32. The van der Waals surface area contributed by atoms with E-state index in [-0.39, 0.29) is 5.91 Å². The van der Waals surface area contributed by atoms with Crippen LogP contribution in [0.5, 0.6) is 5.75 Å². The van der Waals surface area contributed by atoms with Crippen molar-refractivity contribution in [2.24, 2.45) is 0 Å². The van der Waals surface area contributed by atoms with E-state index in [4.69, 9.17) is 4.74 Å². The first-order valence-corrected chi connectivity index (χ1v) is 8.93. The van der Waals surface area contributed by atoms with Gasteiger partial charge in [0.1, 0.15) is 12.4 Å². The van der Waals surface area contributed by atoms with Gasteiger partial charge < -0.3 is 14.6 Å². The van der Waals surface area contributed by atoms with Crippen LogP contribution in [0.4, 0.5) is 0 Å². The van der Waals surface area contributed by atoms with Crippen LogP contribution in [0.25, 0.3) is 16.5 Å². The van der Waals surface area contributed by atoms with Crippen molar-refractivity contribution in [3.05, 3.63) is 71.9 Å². The van der Waals surface area contributed by atoms with Gasteiger partial charge in [0.15, 0.2) is 0 Å². The molecule has 0 aliphatic carbocycles. The Morgan fingerprint density at radius 3 is 2.77 bits per heavy atom. The van der Waals surface area contributed by atoms with E-state index in [1.54, 1.807) is 6.92 Å². The van der Waals surface area contributed by atoms with Gasteiger partial charge in [0.25, 0.3) is 0 Å². The van der Waals surface area contributed by atoms with Crippen LogP contribution >= 0.6 is 0 Å². The minimum atomic E-state index is 0.135. The Hall–Kier alpha value is -3.01. The maximum atomic E-state index is 11.5. The van der Waals surface area contributed by atoms with Gasteiger partial charge in [-0.3, -0.25) is 4.79 Å². The van der Waals surface area contributed by atoms with Crippen molar-refractivity contribution < 1.29 is 9.53 Å². The number of nitrogens with zero attached hydrogens (tertiary/aromatic N) is 1. The minimum Gasteiger partial charge on any atom is -0.489 e. The normalized spacial score (nSPS) is 14.3. The predicted molar refractivity (Wildman–Crippen MR) is 104 cm³/mol.